The number of hydrogen-bond donors (Lipinski definition) is 1. The van der Waals surface area contributed by atoms with Gasteiger partial charge in [0.05, 0.1) is 5.41 Å². The zero-order chi connectivity index (χ0) is 10.9. The molecule has 0 aromatic carbocycles. The van der Waals surface area contributed by atoms with E-state index in [1.165, 1.54) is 19.3 Å². The van der Waals surface area contributed by atoms with Crippen molar-refractivity contribution in [2.24, 2.45) is 11.3 Å². The first-order chi connectivity index (χ1) is 7.12. The molecule has 0 aromatic rings. The smallest absolute Gasteiger partial charge is 0.229 e. The lowest BCUT2D eigenvalue weighted by Crippen LogP contribution is -2.44. The van der Waals surface area contributed by atoms with E-state index in [-0.39, 0.29) is 17.8 Å². The maximum Gasteiger partial charge on any atom is 0.229 e. The molecule has 2 rings (SSSR count). The zero-order valence-electron chi connectivity index (χ0n) is 10.3. The van der Waals surface area contributed by atoms with Crippen molar-refractivity contribution in [1.82, 2.24) is 10.2 Å². The lowest BCUT2D eigenvalue weighted by Gasteiger charge is -2.34. The van der Waals surface area contributed by atoms with Gasteiger partial charge in [-0.3, -0.25) is 4.79 Å². The topological polar surface area (TPSA) is 32.3 Å². The number of halogens is 1. The Labute approximate surface area is 104 Å². The van der Waals surface area contributed by atoms with Gasteiger partial charge in [0.1, 0.15) is 0 Å². The van der Waals surface area contributed by atoms with Crippen LogP contribution in [0.1, 0.15) is 32.6 Å². The van der Waals surface area contributed by atoms with Crippen molar-refractivity contribution in [3.05, 3.63) is 0 Å². The number of rotatable bonds is 3. The van der Waals surface area contributed by atoms with E-state index in [0.717, 1.165) is 32.0 Å². The summed E-state index contributed by atoms with van der Waals surface area (Å²) in [4.78, 5) is 14.2. The van der Waals surface area contributed by atoms with Crippen LogP contribution >= 0.6 is 12.4 Å². The van der Waals surface area contributed by atoms with E-state index in [1.54, 1.807) is 0 Å². The maximum atomic E-state index is 12.2. The fourth-order valence-electron chi connectivity index (χ4n) is 2.61. The van der Waals surface area contributed by atoms with Gasteiger partial charge in [-0.25, -0.2) is 0 Å². The molecule has 2 aliphatic rings. The highest BCUT2D eigenvalue weighted by molar-refractivity contribution is 5.85. The first-order valence-electron chi connectivity index (χ1n) is 6.08. The van der Waals surface area contributed by atoms with Crippen LogP contribution in [0.15, 0.2) is 0 Å². The summed E-state index contributed by atoms with van der Waals surface area (Å²) >= 11 is 0. The van der Waals surface area contributed by atoms with E-state index in [2.05, 4.69) is 12.2 Å². The number of nitrogens with one attached hydrogen (secondary N) is 1. The molecule has 1 heterocycles. The molecule has 94 valence electrons. The molecule has 4 heteroatoms. The standard InChI is InChI=1S/C12H22N2O.ClH/c1-12(6-7-13-9-12)11(15)14(2)8-10-4-3-5-10;/h10,13H,3-9H2,1-2H3;1H. The van der Waals surface area contributed by atoms with Crippen molar-refractivity contribution in [3.63, 3.8) is 0 Å². The Balaban J connectivity index is 0.00000128. The van der Waals surface area contributed by atoms with Gasteiger partial charge in [0.2, 0.25) is 5.91 Å². The number of nitrogens with zero attached hydrogens (tertiary/aromatic N) is 1. The largest absolute Gasteiger partial charge is 0.345 e. The van der Waals surface area contributed by atoms with Gasteiger partial charge in [-0.05, 0) is 38.6 Å². The first-order valence-corrected chi connectivity index (χ1v) is 6.08. The third-order valence-corrected chi connectivity index (χ3v) is 3.99. The fourth-order valence-corrected chi connectivity index (χ4v) is 2.61. The predicted molar refractivity (Wildman–Crippen MR) is 67.8 cm³/mol. The summed E-state index contributed by atoms with van der Waals surface area (Å²) in [7, 11) is 1.96. The lowest BCUT2D eigenvalue weighted by molar-refractivity contribution is -0.139. The van der Waals surface area contributed by atoms with Crippen molar-refractivity contribution in [3.8, 4) is 0 Å². The molecule has 16 heavy (non-hydrogen) atoms. The molecule has 0 spiro atoms. The van der Waals surface area contributed by atoms with Crippen LogP contribution in [0.4, 0.5) is 0 Å². The average Bonchev–Trinajstić information content (AvgIpc) is 2.58. The van der Waals surface area contributed by atoms with E-state index in [0.29, 0.717) is 5.91 Å². The quantitative estimate of drug-likeness (QED) is 0.822. The van der Waals surface area contributed by atoms with Gasteiger partial charge in [0.15, 0.2) is 0 Å². The van der Waals surface area contributed by atoms with Crippen LogP contribution < -0.4 is 5.32 Å². The highest BCUT2D eigenvalue weighted by Crippen LogP contribution is 2.30. The van der Waals surface area contributed by atoms with Gasteiger partial charge in [-0.1, -0.05) is 6.42 Å². The summed E-state index contributed by atoms with van der Waals surface area (Å²) < 4.78 is 0. The van der Waals surface area contributed by atoms with Gasteiger partial charge in [-0.15, -0.1) is 12.4 Å². The van der Waals surface area contributed by atoms with E-state index in [4.69, 9.17) is 0 Å². The summed E-state index contributed by atoms with van der Waals surface area (Å²) in [5.41, 5.74) is -0.140. The Morgan fingerprint density at radius 3 is 2.62 bits per heavy atom. The Morgan fingerprint density at radius 1 is 1.50 bits per heavy atom. The van der Waals surface area contributed by atoms with Crippen LogP contribution in [0.3, 0.4) is 0 Å². The second kappa shape index (κ2) is 5.37. The van der Waals surface area contributed by atoms with E-state index in [9.17, 15) is 4.79 Å². The summed E-state index contributed by atoms with van der Waals surface area (Å²) in [6, 6.07) is 0. The minimum absolute atomic E-state index is 0. The Kier molecular flexibility index (Phi) is 4.62. The summed E-state index contributed by atoms with van der Waals surface area (Å²) in [5, 5.41) is 3.28. The minimum Gasteiger partial charge on any atom is -0.345 e. The third kappa shape index (κ3) is 2.69. The molecule has 2 fully saturated rings. The number of amides is 1. The zero-order valence-corrected chi connectivity index (χ0v) is 11.1. The number of carbonyl (C=O) groups excluding carboxylic acids is 1. The van der Waals surface area contributed by atoms with Crippen LogP contribution in [-0.2, 0) is 4.79 Å². The molecule has 0 radical (unpaired) electrons. The molecule has 0 bridgehead atoms. The van der Waals surface area contributed by atoms with Gasteiger partial charge in [0.25, 0.3) is 0 Å². The molecule has 3 nitrogen and oxygen atoms in total. The maximum absolute atomic E-state index is 12.2. The minimum atomic E-state index is -0.140. The molecular weight excluding hydrogens is 224 g/mol. The van der Waals surface area contributed by atoms with Crippen LogP contribution in [0, 0.1) is 11.3 Å². The Hall–Kier alpha value is -0.280. The van der Waals surface area contributed by atoms with Crippen LogP contribution in [0.5, 0.6) is 0 Å². The highest BCUT2D eigenvalue weighted by atomic mass is 35.5. The van der Waals surface area contributed by atoms with Crippen molar-refractivity contribution >= 4 is 18.3 Å². The molecule has 1 atom stereocenters. The molecule has 1 saturated carbocycles. The Bertz CT molecular complexity index is 247. The van der Waals surface area contributed by atoms with Gasteiger partial charge in [-0.2, -0.15) is 0 Å². The van der Waals surface area contributed by atoms with Crippen LogP contribution in [0.2, 0.25) is 0 Å². The molecular formula is C12H23ClN2O. The van der Waals surface area contributed by atoms with Crippen LogP contribution in [0.25, 0.3) is 0 Å². The molecule has 0 aromatic heterocycles. The van der Waals surface area contributed by atoms with E-state index < -0.39 is 0 Å². The van der Waals surface area contributed by atoms with Crippen molar-refractivity contribution in [1.29, 1.82) is 0 Å². The van der Waals surface area contributed by atoms with Gasteiger partial charge < -0.3 is 10.2 Å². The average molecular weight is 247 g/mol. The second-order valence-electron chi connectivity index (χ2n) is 5.47. The fraction of sp³-hybridized carbons (Fsp3) is 0.917. The number of carbonyl (C=O) groups is 1. The predicted octanol–water partition coefficient (Wildman–Crippen LogP) is 1.67. The Morgan fingerprint density at radius 2 is 2.19 bits per heavy atom. The third-order valence-electron chi connectivity index (χ3n) is 3.99. The van der Waals surface area contributed by atoms with E-state index in [1.807, 2.05) is 11.9 Å². The molecule has 1 unspecified atom stereocenters. The molecule has 1 N–H and O–H groups in total. The summed E-state index contributed by atoms with van der Waals surface area (Å²) in [6.07, 6.45) is 4.96. The summed E-state index contributed by atoms with van der Waals surface area (Å²) in [6.45, 7) is 4.89. The second-order valence-corrected chi connectivity index (χ2v) is 5.47. The molecule has 1 aliphatic carbocycles. The lowest BCUT2D eigenvalue weighted by atomic mass is 9.83. The summed E-state index contributed by atoms with van der Waals surface area (Å²) in [5.74, 6) is 1.11. The monoisotopic (exact) mass is 246 g/mol. The first kappa shape index (κ1) is 13.8. The van der Waals surface area contributed by atoms with Crippen LogP contribution in [-0.4, -0.2) is 37.5 Å². The highest BCUT2D eigenvalue weighted by Gasteiger charge is 2.38. The van der Waals surface area contributed by atoms with Crippen molar-refractivity contribution < 1.29 is 4.79 Å². The van der Waals surface area contributed by atoms with Gasteiger partial charge in [0, 0.05) is 20.1 Å². The molecule has 1 amide bonds. The number of hydrogen-bond acceptors (Lipinski definition) is 2. The SMILES string of the molecule is CN(CC1CCC1)C(=O)C1(C)CCNC1.Cl. The van der Waals surface area contributed by atoms with Crippen molar-refractivity contribution in [2.45, 2.75) is 32.6 Å². The molecule has 1 aliphatic heterocycles. The van der Waals surface area contributed by atoms with Gasteiger partial charge >= 0.3 is 0 Å². The molecule has 1 saturated heterocycles. The normalized spacial score (nSPS) is 29.4. The van der Waals surface area contributed by atoms with Crippen molar-refractivity contribution in [2.75, 3.05) is 26.7 Å². The van der Waals surface area contributed by atoms with E-state index >= 15 is 0 Å².